The molecular formula is C15H14O4. The molecule has 0 saturated carbocycles. The Labute approximate surface area is 110 Å². The Morgan fingerprint density at radius 1 is 1.21 bits per heavy atom. The average Bonchev–Trinajstić information content (AvgIpc) is 2.36. The fourth-order valence-corrected chi connectivity index (χ4v) is 2.29. The van der Waals surface area contributed by atoms with Crippen molar-refractivity contribution in [1.29, 1.82) is 0 Å². The van der Waals surface area contributed by atoms with Gasteiger partial charge in [-0.25, -0.2) is 0 Å². The van der Waals surface area contributed by atoms with Gasteiger partial charge in [-0.2, -0.15) is 0 Å². The monoisotopic (exact) mass is 258 g/mol. The van der Waals surface area contributed by atoms with E-state index >= 15 is 0 Å². The highest BCUT2D eigenvalue weighted by atomic mass is 16.3. The topological polar surface area (TPSA) is 71.4 Å². The smallest absolute Gasteiger partial charge is 0.234 e. The number of allylic oxidation sites excluding steroid dienone is 1. The molecule has 0 heterocycles. The van der Waals surface area contributed by atoms with Crippen LogP contribution in [0.5, 0.6) is 5.75 Å². The molecule has 4 heteroatoms. The highest BCUT2D eigenvalue weighted by Crippen LogP contribution is 2.35. The molecule has 19 heavy (non-hydrogen) atoms. The van der Waals surface area contributed by atoms with Crippen molar-refractivity contribution in [2.24, 2.45) is 0 Å². The summed E-state index contributed by atoms with van der Waals surface area (Å²) in [6.07, 6.45) is 2.03. The van der Waals surface area contributed by atoms with Gasteiger partial charge in [-0.05, 0) is 36.1 Å². The van der Waals surface area contributed by atoms with E-state index in [-0.39, 0.29) is 22.8 Å². The van der Waals surface area contributed by atoms with Gasteiger partial charge in [0.2, 0.25) is 11.6 Å². The van der Waals surface area contributed by atoms with Gasteiger partial charge in [0, 0.05) is 11.1 Å². The van der Waals surface area contributed by atoms with Gasteiger partial charge < -0.3 is 5.11 Å². The van der Waals surface area contributed by atoms with Crippen LogP contribution in [-0.2, 0) is 4.79 Å². The molecule has 0 aliphatic heterocycles. The molecule has 0 bridgehead atoms. The van der Waals surface area contributed by atoms with Crippen molar-refractivity contribution >= 4 is 23.9 Å². The second kappa shape index (κ2) is 4.46. The Balaban J connectivity index is 2.92. The molecule has 0 amide bonds. The van der Waals surface area contributed by atoms with E-state index < -0.39 is 11.6 Å². The molecule has 1 aliphatic carbocycles. The number of hydrogen-bond donors (Lipinski definition) is 1. The van der Waals surface area contributed by atoms with E-state index in [1.165, 1.54) is 6.07 Å². The molecule has 1 aromatic carbocycles. The third-order valence-electron chi connectivity index (χ3n) is 3.31. The molecule has 0 radical (unpaired) electrons. The lowest BCUT2D eigenvalue weighted by atomic mass is 9.82. The number of phenols is 1. The molecule has 0 atom stereocenters. The highest BCUT2D eigenvalue weighted by Gasteiger charge is 2.31. The van der Waals surface area contributed by atoms with Crippen molar-refractivity contribution in [2.45, 2.75) is 26.7 Å². The van der Waals surface area contributed by atoms with Gasteiger partial charge in [0.05, 0.1) is 5.56 Å². The molecule has 98 valence electrons. The van der Waals surface area contributed by atoms with E-state index in [1.54, 1.807) is 13.0 Å². The van der Waals surface area contributed by atoms with Crippen LogP contribution in [0.3, 0.4) is 0 Å². The Morgan fingerprint density at radius 3 is 2.37 bits per heavy atom. The minimum absolute atomic E-state index is 0.0225. The van der Waals surface area contributed by atoms with Gasteiger partial charge >= 0.3 is 0 Å². The van der Waals surface area contributed by atoms with Gasteiger partial charge in [0.15, 0.2) is 6.29 Å². The Hall–Kier alpha value is -2.23. The van der Waals surface area contributed by atoms with E-state index in [4.69, 9.17) is 0 Å². The van der Waals surface area contributed by atoms with E-state index in [0.717, 1.165) is 5.56 Å². The summed E-state index contributed by atoms with van der Waals surface area (Å²) in [5.41, 5.74) is 1.58. The maximum absolute atomic E-state index is 12.1. The van der Waals surface area contributed by atoms with Crippen LogP contribution in [-0.4, -0.2) is 23.0 Å². The molecule has 0 fully saturated rings. The predicted octanol–water partition coefficient (Wildman–Crippen LogP) is 2.50. The van der Waals surface area contributed by atoms with E-state index in [9.17, 15) is 19.5 Å². The van der Waals surface area contributed by atoms with Gasteiger partial charge in [-0.3, -0.25) is 14.4 Å². The molecular weight excluding hydrogens is 244 g/mol. The number of rotatable bonds is 2. The highest BCUT2D eigenvalue weighted by molar-refractivity contribution is 6.52. The number of hydrogen-bond acceptors (Lipinski definition) is 4. The quantitative estimate of drug-likeness (QED) is 0.653. The molecule has 0 spiro atoms. The van der Waals surface area contributed by atoms with E-state index in [0.29, 0.717) is 17.4 Å². The summed E-state index contributed by atoms with van der Waals surface area (Å²) < 4.78 is 0. The summed E-state index contributed by atoms with van der Waals surface area (Å²) >= 11 is 0. The van der Waals surface area contributed by atoms with Gasteiger partial charge in [0.25, 0.3) is 0 Å². The number of benzene rings is 1. The third-order valence-corrected chi connectivity index (χ3v) is 3.31. The van der Waals surface area contributed by atoms with Crippen LogP contribution >= 0.6 is 0 Å². The van der Waals surface area contributed by atoms with E-state index in [1.807, 2.05) is 13.8 Å². The van der Waals surface area contributed by atoms with Crippen LogP contribution in [0, 0.1) is 0 Å². The molecule has 0 unspecified atom stereocenters. The third kappa shape index (κ3) is 1.89. The maximum atomic E-state index is 12.1. The average molecular weight is 258 g/mol. The summed E-state index contributed by atoms with van der Waals surface area (Å²) in [5, 5.41) is 9.85. The largest absolute Gasteiger partial charge is 0.507 e. The lowest BCUT2D eigenvalue weighted by Gasteiger charge is -2.20. The van der Waals surface area contributed by atoms with Gasteiger partial charge in [-0.1, -0.05) is 13.8 Å². The SMILES string of the molecule is CC1=Cc2c(C(C)C)cc(O)c(C=O)c2C(=O)C1=O. The number of aldehydes is 1. The molecule has 0 saturated heterocycles. The predicted molar refractivity (Wildman–Crippen MR) is 70.6 cm³/mol. The fourth-order valence-electron chi connectivity index (χ4n) is 2.29. The number of phenolic OH excluding ortho intramolecular Hbond substituents is 1. The number of ketones is 2. The zero-order valence-corrected chi connectivity index (χ0v) is 11.0. The summed E-state index contributed by atoms with van der Waals surface area (Å²) in [5.74, 6) is -1.55. The van der Waals surface area contributed by atoms with Crippen LogP contribution in [0.1, 0.15) is 58.5 Å². The fraction of sp³-hybridized carbons (Fsp3) is 0.267. The molecule has 0 aromatic heterocycles. The first-order valence-electron chi connectivity index (χ1n) is 6.00. The number of carbonyl (C=O) groups is 3. The number of aromatic hydroxyl groups is 1. The van der Waals surface area contributed by atoms with Crippen LogP contribution in [0.2, 0.25) is 0 Å². The molecule has 4 nitrogen and oxygen atoms in total. The number of carbonyl (C=O) groups excluding carboxylic acids is 3. The lowest BCUT2D eigenvalue weighted by Crippen LogP contribution is -2.23. The van der Waals surface area contributed by atoms with Gasteiger partial charge in [-0.15, -0.1) is 0 Å². The van der Waals surface area contributed by atoms with Crippen LogP contribution in [0.4, 0.5) is 0 Å². The minimum Gasteiger partial charge on any atom is -0.507 e. The lowest BCUT2D eigenvalue weighted by molar-refractivity contribution is -0.111. The van der Waals surface area contributed by atoms with Crippen LogP contribution in [0.25, 0.3) is 6.08 Å². The Kier molecular flexibility index (Phi) is 3.10. The van der Waals surface area contributed by atoms with Crippen molar-refractivity contribution in [3.05, 3.63) is 33.9 Å². The van der Waals surface area contributed by atoms with Crippen molar-refractivity contribution in [3.63, 3.8) is 0 Å². The normalized spacial score (nSPS) is 14.4. The second-order valence-electron chi connectivity index (χ2n) is 4.95. The van der Waals surface area contributed by atoms with E-state index in [2.05, 4.69) is 0 Å². The first kappa shape index (κ1) is 13.2. The van der Waals surface area contributed by atoms with Crippen LogP contribution in [0.15, 0.2) is 11.6 Å². The van der Waals surface area contributed by atoms with Crippen molar-refractivity contribution < 1.29 is 19.5 Å². The standard InChI is InChI=1S/C15H14O4/c1-7(2)9-5-12(17)11(6-16)13-10(9)4-8(3)14(18)15(13)19/h4-7,17H,1-3H3. The van der Waals surface area contributed by atoms with Gasteiger partial charge in [0.1, 0.15) is 5.75 Å². The zero-order valence-electron chi connectivity index (χ0n) is 11.0. The maximum Gasteiger partial charge on any atom is 0.234 e. The Bertz CT molecular complexity index is 636. The molecule has 1 N–H and O–H groups in total. The molecule has 1 aromatic rings. The summed E-state index contributed by atoms with van der Waals surface area (Å²) in [4.78, 5) is 34.9. The summed E-state index contributed by atoms with van der Waals surface area (Å²) in [6.45, 7) is 5.40. The molecule has 2 rings (SSSR count). The second-order valence-corrected chi connectivity index (χ2v) is 4.95. The molecule has 1 aliphatic rings. The van der Waals surface area contributed by atoms with Crippen molar-refractivity contribution in [3.8, 4) is 5.75 Å². The van der Waals surface area contributed by atoms with Crippen molar-refractivity contribution in [2.75, 3.05) is 0 Å². The number of fused-ring (bicyclic) bond motifs is 1. The summed E-state index contributed by atoms with van der Waals surface area (Å²) in [6, 6.07) is 1.49. The summed E-state index contributed by atoms with van der Waals surface area (Å²) in [7, 11) is 0. The zero-order chi connectivity index (χ0) is 14.3. The first-order valence-corrected chi connectivity index (χ1v) is 6.00. The first-order chi connectivity index (χ1) is 8.88. The minimum atomic E-state index is -0.727. The van der Waals surface area contributed by atoms with Crippen LogP contribution < -0.4 is 0 Å². The number of Topliss-reactive ketones (excluding diaryl/α,β-unsaturated/α-hetero) is 2. The Morgan fingerprint density at radius 2 is 1.84 bits per heavy atom. The van der Waals surface area contributed by atoms with Crippen molar-refractivity contribution in [1.82, 2.24) is 0 Å².